The van der Waals surface area contributed by atoms with Crippen LogP contribution >= 0.6 is 0 Å². The summed E-state index contributed by atoms with van der Waals surface area (Å²) in [7, 11) is 0. The van der Waals surface area contributed by atoms with Crippen molar-refractivity contribution in [1.29, 1.82) is 0 Å². The average molecular weight is 415 g/mol. The lowest BCUT2D eigenvalue weighted by molar-refractivity contribution is -0.138. The molecule has 0 radical (unpaired) electrons. The van der Waals surface area contributed by atoms with Crippen molar-refractivity contribution in [2.24, 2.45) is 0 Å². The number of rotatable bonds is 4. The van der Waals surface area contributed by atoms with E-state index < -0.39 is 11.7 Å². The van der Waals surface area contributed by atoms with Crippen molar-refractivity contribution in [2.75, 3.05) is 36.4 Å². The van der Waals surface area contributed by atoms with E-state index in [-0.39, 0.29) is 12.1 Å². The maximum atomic E-state index is 13.2. The van der Waals surface area contributed by atoms with Crippen LogP contribution in [0.25, 0.3) is 10.8 Å². The fraction of sp³-hybridized carbons (Fsp3) is 0.364. The summed E-state index contributed by atoms with van der Waals surface area (Å²) in [4.78, 5) is 2.31. The normalized spacial score (nSPS) is 14.9. The van der Waals surface area contributed by atoms with E-state index >= 15 is 0 Å². The van der Waals surface area contributed by atoms with Crippen molar-refractivity contribution in [2.45, 2.75) is 26.6 Å². The molecule has 2 N–H and O–H groups in total. The van der Waals surface area contributed by atoms with Crippen LogP contribution in [0.2, 0.25) is 0 Å². The molecular formula is C22H24F3N5. The fourth-order valence-corrected chi connectivity index (χ4v) is 3.89. The Morgan fingerprint density at radius 2 is 1.80 bits per heavy atom. The third-order valence-electron chi connectivity index (χ3n) is 5.63. The van der Waals surface area contributed by atoms with Crippen LogP contribution in [0.1, 0.15) is 22.4 Å². The number of aromatic nitrogens is 2. The molecule has 158 valence electrons. The summed E-state index contributed by atoms with van der Waals surface area (Å²) >= 11 is 0. The van der Waals surface area contributed by atoms with E-state index in [0.29, 0.717) is 11.4 Å². The molecule has 2 aromatic carbocycles. The molecule has 0 aliphatic carbocycles. The molecule has 30 heavy (non-hydrogen) atoms. The van der Waals surface area contributed by atoms with E-state index in [0.717, 1.165) is 54.4 Å². The van der Waals surface area contributed by atoms with Gasteiger partial charge in [0.25, 0.3) is 0 Å². The van der Waals surface area contributed by atoms with Gasteiger partial charge in [0.15, 0.2) is 5.82 Å². The molecule has 4 rings (SSSR count). The minimum Gasteiger partial charge on any atom is -0.369 e. The number of nitrogens with one attached hydrogen (secondary N) is 2. The van der Waals surface area contributed by atoms with Crippen LogP contribution in [-0.4, -0.2) is 36.4 Å². The molecule has 0 unspecified atom stereocenters. The van der Waals surface area contributed by atoms with Crippen LogP contribution in [0.4, 0.5) is 24.7 Å². The molecule has 5 nitrogen and oxygen atoms in total. The second kappa shape index (κ2) is 8.10. The number of piperazine rings is 1. The first-order valence-corrected chi connectivity index (χ1v) is 9.97. The highest BCUT2D eigenvalue weighted by atomic mass is 19.4. The molecular weight excluding hydrogens is 391 g/mol. The van der Waals surface area contributed by atoms with E-state index in [4.69, 9.17) is 0 Å². The fourth-order valence-electron chi connectivity index (χ4n) is 3.89. The molecule has 1 aliphatic heterocycles. The SMILES string of the molecule is Cc1c(CNc2nnc(C)c3ccc(N4CCNCC4)cc23)cccc1C(F)(F)F. The first-order chi connectivity index (χ1) is 14.3. The summed E-state index contributed by atoms with van der Waals surface area (Å²) in [5, 5.41) is 17.0. The number of benzene rings is 2. The van der Waals surface area contributed by atoms with Gasteiger partial charge in [-0.2, -0.15) is 18.3 Å². The lowest BCUT2D eigenvalue weighted by Gasteiger charge is -2.29. The van der Waals surface area contributed by atoms with Crippen molar-refractivity contribution in [1.82, 2.24) is 15.5 Å². The summed E-state index contributed by atoms with van der Waals surface area (Å²) in [6, 6.07) is 10.5. The van der Waals surface area contributed by atoms with E-state index in [1.165, 1.54) is 13.0 Å². The van der Waals surface area contributed by atoms with Gasteiger partial charge in [-0.05, 0) is 43.2 Å². The van der Waals surface area contributed by atoms with Gasteiger partial charge in [-0.3, -0.25) is 0 Å². The summed E-state index contributed by atoms with van der Waals surface area (Å²) in [6.07, 6.45) is -4.37. The number of anilines is 2. The molecule has 1 fully saturated rings. The van der Waals surface area contributed by atoms with Gasteiger partial charge in [0.2, 0.25) is 0 Å². The highest BCUT2D eigenvalue weighted by molar-refractivity contribution is 5.95. The Balaban J connectivity index is 1.65. The maximum absolute atomic E-state index is 13.2. The second-order valence-electron chi connectivity index (χ2n) is 7.54. The monoisotopic (exact) mass is 415 g/mol. The number of halogens is 3. The Kier molecular flexibility index (Phi) is 5.51. The van der Waals surface area contributed by atoms with E-state index in [1.807, 2.05) is 13.0 Å². The highest BCUT2D eigenvalue weighted by Gasteiger charge is 2.32. The third kappa shape index (κ3) is 4.05. The van der Waals surface area contributed by atoms with Gasteiger partial charge in [-0.25, -0.2) is 0 Å². The first kappa shape index (κ1) is 20.4. The van der Waals surface area contributed by atoms with Crippen molar-refractivity contribution in [3.8, 4) is 0 Å². The van der Waals surface area contributed by atoms with Crippen molar-refractivity contribution in [3.63, 3.8) is 0 Å². The Hall–Kier alpha value is -2.87. The van der Waals surface area contributed by atoms with Gasteiger partial charge in [-0.15, -0.1) is 5.10 Å². The number of alkyl halides is 3. The standard InChI is InChI=1S/C22H24F3N5/c1-14-16(4-3-5-20(14)22(23,24)25)13-27-21-19-12-17(30-10-8-26-9-11-30)6-7-18(19)15(2)28-29-21/h3-7,12,26H,8-11,13H2,1-2H3,(H,27,29). The zero-order chi connectivity index (χ0) is 21.3. The zero-order valence-electron chi connectivity index (χ0n) is 17.0. The van der Waals surface area contributed by atoms with Crippen LogP contribution < -0.4 is 15.5 Å². The Labute approximate surface area is 173 Å². The molecule has 2 heterocycles. The maximum Gasteiger partial charge on any atom is 0.416 e. The van der Waals surface area contributed by atoms with E-state index in [2.05, 4.69) is 37.9 Å². The number of hydrogen-bond donors (Lipinski definition) is 2. The molecule has 0 spiro atoms. The third-order valence-corrected chi connectivity index (χ3v) is 5.63. The molecule has 1 aromatic heterocycles. The number of aryl methyl sites for hydroxylation is 1. The van der Waals surface area contributed by atoms with Crippen LogP contribution in [0.15, 0.2) is 36.4 Å². The van der Waals surface area contributed by atoms with E-state index in [9.17, 15) is 13.2 Å². The summed E-state index contributed by atoms with van der Waals surface area (Å²) in [5.74, 6) is 0.574. The molecule has 0 saturated carbocycles. The van der Waals surface area contributed by atoms with Crippen LogP contribution in [-0.2, 0) is 12.7 Å². The molecule has 0 atom stereocenters. The minimum absolute atomic E-state index is 0.225. The van der Waals surface area contributed by atoms with Crippen molar-refractivity contribution < 1.29 is 13.2 Å². The Morgan fingerprint density at radius 1 is 1.03 bits per heavy atom. The van der Waals surface area contributed by atoms with Gasteiger partial charge < -0.3 is 15.5 Å². The van der Waals surface area contributed by atoms with Crippen LogP contribution in [0, 0.1) is 13.8 Å². The van der Waals surface area contributed by atoms with Gasteiger partial charge in [0, 0.05) is 49.2 Å². The number of nitrogens with zero attached hydrogens (tertiary/aromatic N) is 3. The predicted molar refractivity (Wildman–Crippen MR) is 113 cm³/mol. The minimum atomic E-state index is -4.37. The molecule has 0 amide bonds. The summed E-state index contributed by atoms with van der Waals surface area (Å²) in [6.45, 7) is 7.36. The van der Waals surface area contributed by atoms with Crippen molar-refractivity contribution in [3.05, 3.63) is 58.8 Å². The zero-order valence-corrected chi connectivity index (χ0v) is 17.0. The Morgan fingerprint density at radius 3 is 2.53 bits per heavy atom. The largest absolute Gasteiger partial charge is 0.416 e. The summed E-state index contributed by atoms with van der Waals surface area (Å²) < 4.78 is 39.6. The predicted octanol–water partition coefficient (Wildman–Crippen LogP) is 4.29. The Bertz CT molecular complexity index is 1060. The molecule has 1 saturated heterocycles. The van der Waals surface area contributed by atoms with Crippen LogP contribution in [0.5, 0.6) is 0 Å². The van der Waals surface area contributed by atoms with E-state index in [1.54, 1.807) is 6.07 Å². The molecule has 3 aromatic rings. The highest BCUT2D eigenvalue weighted by Crippen LogP contribution is 2.33. The van der Waals surface area contributed by atoms with Crippen molar-refractivity contribution >= 4 is 22.3 Å². The number of fused-ring (bicyclic) bond motifs is 1. The smallest absolute Gasteiger partial charge is 0.369 e. The quantitative estimate of drug-likeness (QED) is 0.666. The van der Waals surface area contributed by atoms with Gasteiger partial charge >= 0.3 is 6.18 Å². The van der Waals surface area contributed by atoms with Gasteiger partial charge in [0.05, 0.1) is 11.3 Å². The van der Waals surface area contributed by atoms with Crippen LogP contribution in [0.3, 0.4) is 0 Å². The lowest BCUT2D eigenvalue weighted by atomic mass is 10.0. The number of hydrogen-bond acceptors (Lipinski definition) is 5. The topological polar surface area (TPSA) is 53.1 Å². The molecule has 1 aliphatic rings. The molecule has 0 bridgehead atoms. The first-order valence-electron chi connectivity index (χ1n) is 9.97. The van der Waals surface area contributed by atoms with Gasteiger partial charge in [0.1, 0.15) is 0 Å². The molecule has 8 heteroatoms. The summed E-state index contributed by atoms with van der Waals surface area (Å²) in [5.41, 5.74) is 2.12. The lowest BCUT2D eigenvalue weighted by Crippen LogP contribution is -2.43. The van der Waals surface area contributed by atoms with Gasteiger partial charge in [-0.1, -0.05) is 18.2 Å². The second-order valence-corrected chi connectivity index (χ2v) is 7.54. The average Bonchev–Trinajstić information content (AvgIpc) is 2.74.